The number of methoxy groups -OCH3 is 1. The SMILES string of the molecule is COC(=O)c1ccc2c(=O)n(CC(C)C)c(SC(C)C(=O)NCC(C)c3ccccc3)nc2c1. The van der Waals surface area contributed by atoms with Crippen LogP contribution in [0.5, 0.6) is 0 Å². The highest BCUT2D eigenvalue weighted by atomic mass is 32.2. The van der Waals surface area contributed by atoms with E-state index in [1.165, 1.54) is 18.9 Å². The zero-order chi connectivity index (χ0) is 24.8. The van der Waals surface area contributed by atoms with Crippen LogP contribution in [0.25, 0.3) is 10.9 Å². The predicted octanol–water partition coefficient (Wildman–Crippen LogP) is 4.24. The molecule has 0 aliphatic carbocycles. The molecule has 0 spiro atoms. The molecule has 2 aromatic carbocycles. The quantitative estimate of drug-likeness (QED) is 0.279. The number of hydrogen-bond donors (Lipinski definition) is 1. The van der Waals surface area contributed by atoms with Gasteiger partial charge in [0.05, 0.1) is 28.8 Å². The van der Waals surface area contributed by atoms with Crippen LogP contribution in [0.1, 0.15) is 49.5 Å². The topological polar surface area (TPSA) is 90.3 Å². The third-order valence-corrected chi connectivity index (χ3v) is 6.58. The van der Waals surface area contributed by atoms with Gasteiger partial charge in [-0.25, -0.2) is 9.78 Å². The minimum absolute atomic E-state index is 0.124. The number of esters is 1. The molecule has 2 unspecified atom stereocenters. The van der Waals surface area contributed by atoms with Crippen LogP contribution in [0, 0.1) is 5.92 Å². The summed E-state index contributed by atoms with van der Waals surface area (Å²) in [6.45, 7) is 8.90. The van der Waals surface area contributed by atoms with E-state index in [1.54, 1.807) is 29.7 Å². The van der Waals surface area contributed by atoms with Crippen LogP contribution < -0.4 is 10.9 Å². The Morgan fingerprint density at radius 2 is 1.79 bits per heavy atom. The Bertz CT molecular complexity index is 1220. The van der Waals surface area contributed by atoms with Crippen molar-refractivity contribution in [2.45, 2.75) is 50.6 Å². The second kappa shape index (κ2) is 11.3. The highest BCUT2D eigenvalue weighted by Crippen LogP contribution is 2.24. The van der Waals surface area contributed by atoms with Crippen LogP contribution in [0.15, 0.2) is 58.5 Å². The van der Waals surface area contributed by atoms with E-state index < -0.39 is 11.2 Å². The van der Waals surface area contributed by atoms with Gasteiger partial charge >= 0.3 is 5.97 Å². The van der Waals surface area contributed by atoms with Crippen LogP contribution in [0.3, 0.4) is 0 Å². The zero-order valence-electron chi connectivity index (χ0n) is 20.2. The van der Waals surface area contributed by atoms with E-state index in [-0.39, 0.29) is 23.3 Å². The Morgan fingerprint density at radius 1 is 1.09 bits per heavy atom. The van der Waals surface area contributed by atoms with Gasteiger partial charge in [-0.1, -0.05) is 62.9 Å². The lowest BCUT2D eigenvalue weighted by molar-refractivity contribution is -0.120. The number of thioether (sulfide) groups is 1. The molecule has 3 rings (SSSR count). The van der Waals surface area contributed by atoms with Crippen molar-refractivity contribution < 1.29 is 14.3 Å². The monoisotopic (exact) mass is 481 g/mol. The predicted molar refractivity (Wildman–Crippen MR) is 135 cm³/mol. The van der Waals surface area contributed by atoms with Gasteiger partial charge in [-0.15, -0.1) is 0 Å². The fourth-order valence-corrected chi connectivity index (χ4v) is 4.51. The molecule has 1 heterocycles. The molecule has 0 radical (unpaired) electrons. The largest absolute Gasteiger partial charge is 0.465 e. The molecule has 1 amide bonds. The minimum Gasteiger partial charge on any atom is -0.465 e. The molecule has 1 N–H and O–H groups in total. The van der Waals surface area contributed by atoms with Crippen molar-refractivity contribution in [3.8, 4) is 0 Å². The maximum Gasteiger partial charge on any atom is 0.337 e. The van der Waals surface area contributed by atoms with Crippen molar-refractivity contribution in [1.29, 1.82) is 0 Å². The Morgan fingerprint density at radius 3 is 2.44 bits per heavy atom. The Balaban J connectivity index is 1.84. The first kappa shape index (κ1) is 25.5. The second-order valence-electron chi connectivity index (χ2n) is 8.74. The number of carbonyl (C=O) groups excluding carboxylic acids is 2. The lowest BCUT2D eigenvalue weighted by Gasteiger charge is -2.19. The van der Waals surface area contributed by atoms with Crippen molar-refractivity contribution in [2.75, 3.05) is 13.7 Å². The van der Waals surface area contributed by atoms with Crippen LogP contribution in [0.4, 0.5) is 0 Å². The van der Waals surface area contributed by atoms with Gasteiger partial charge in [0.2, 0.25) is 5.91 Å². The summed E-state index contributed by atoms with van der Waals surface area (Å²) >= 11 is 1.24. The number of hydrogen-bond acceptors (Lipinski definition) is 6. The molecule has 0 saturated heterocycles. The summed E-state index contributed by atoms with van der Waals surface area (Å²) < 4.78 is 6.40. The summed E-state index contributed by atoms with van der Waals surface area (Å²) in [5.41, 5.74) is 1.69. The molecule has 1 aromatic heterocycles. The normalized spacial score (nSPS) is 13.0. The average molecular weight is 482 g/mol. The molecule has 2 atom stereocenters. The third-order valence-electron chi connectivity index (χ3n) is 5.49. The van der Waals surface area contributed by atoms with Crippen molar-refractivity contribution in [3.05, 3.63) is 70.0 Å². The van der Waals surface area contributed by atoms with Gasteiger partial charge in [0, 0.05) is 13.1 Å². The molecule has 34 heavy (non-hydrogen) atoms. The fourth-order valence-electron chi connectivity index (χ4n) is 3.57. The highest BCUT2D eigenvalue weighted by Gasteiger charge is 2.21. The summed E-state index contributed by atoms with van der Waals surface area (Å²) in [6, 6.07) is 14.7. The molecule has 7 nitrogen and oxygen atoms in total. The van der Waals surface area contributed by atoms with Crippen LogP contribution in [-0.2, 0) is 16.1 Å². The van der Waals surface area contributed by atoms with Gasteiger partial charge in [-0.2, -0.15) is 0 Å². The number of amides is 1. The summed E-state index contributed by atoms with van der Waals surface area (Å²) in [5, 5.41) is 3.42. The summed E-state index contributed by atoms with van der Waals surface area (Å²) in [4.78, 5) is 42.7. The van der Waals surface area contributed by atoms with E-state index in [0.717, 1.165) is 5.56 Å². The van der Waals surface area contributed by atoms with Gasteiger partial charge in [0.15, 0.2) is 5.16 Å². The maximum absolute atomic E-state index is 13.3. The zero-order valence-corrected chi connectivity index (χ0v) is 21.0. The van der Waals surface area contributed by atoms with Gasteiger partial charge in [0.1, 0.15) is 0 Å². The molecule has 0 aliphatic rings. The number of aromatic nitrogens is 2. The molecule has 3 aromatic rings. The first-order valence-electron chi connectivity index (χ1n) is 11.3. The maximum atomic E-state index is 13.3. The van der Waals surface area contributed by atoms with E-state index in [0.29, 0.717) is 34.7 Å². The van der Waals surface area contributed by atoms with E-state index in [9.17, 15) is 14.4 Å². The van der Waals surface area contributed by atoms with Gasteiger partial charge in [0.25, 0.3) is 5.56 Å². The third kappa shape index (κ3) is 6.05. The first-order valence-corrected chi connectivity index (χ1v) is 12.2. The van der Waals surface area contributed by atoms with Crippen LogP contribution in [0.2, 0.25) is 0 Å². The molecule has 0 aliphatic heterocycles. The lowest BCUT2D eigenvalue weighted by atomic mass is 10.0. The Hall–Kier alpha value is -3.13. The molecule has 8 heteroatoms. The highest BCUT2D eigenvalue weighted by molar-refractivity contribution is 8.00. The minimum atomic E-state index is -0.496. The molecule has 0 saturated carbocycles. The average Bonchev–Trinajstić information content (AvgIpc) is 2.84. The number of nitrogens with zero attached hydrogens (tertiary/aromatic N) is 2. The van der Waals surface area contributed by atoms with Crippen molar-refractivity contribution in [2.24, 2.45) is 5.92 Å². The van der Waals surface area contributed by atoms with E-state index in [4.69, 9.17) is 4.74 Å². The van der Waals surface area contributed by atoms with Crippen molar-refractivity contribution in [3.63, 3.8) is 0 Å². The molecular weight excluding hydrogens is 450 g/mol. The number of fused-ring (bicyclic) bond motifs is 1. The Kier molecular flexibility index (Phi) is 8.50. The lowest BCUT2D eigenvalue weighted by Crippen LogP contribution is -2.34. The summed E-state index contributed by atoms with van der Waals surface area (Å²) in [6.07, 6.45) is 0. The van der Waals surface area contributed by atoms with Gasteiger partial charge in [-0.3, -0.25) is 14.2 Å². The second-order valence-corrected chi connectivity index (χ2v) is 10.1. The fraction of sp³-hybridized carbons (Fsp3) is 0.385. The molecule has 0 bridgehead atoms. The van der Waals surface area contributed by atoms with Gasteiger partial charge < -0.3 is 10.1 Å². The number of benzene rings is 2. The molecular formula is C26H31N3O4S. The standard InChI is InChI=1S/C26H31N3O4S/c1-16(2)15-29-24(31)21-12-11-20(25(32)33-5)13-22(21)28-26(29)34-18(4)23(30)27-14-17(3)19-9-7-6-8-10-19/h6-13,16-18H,14-15H2,1-5H3,(H,27,30). The van der Waals surface area contributed by atoms with Gasteiger partial charge in [-0.05, 0) is 42.5 Å². The number of rotatable bonds is 9. The smallest absolute Gasteiger partial charge is 0.337 e. The number of nitrogens with one attached hydrogen (secondary N) is 1. The van der Waals surface area contributed by atoms with Crippen molar-refractivity contribution in [1.82, 2.24) is 14.9 Å². The summed E-state index contributed by atoms with van der Waals surface area (Å²) in [5.74, 6) is -0.232. The number of carbonyl (C=O) groups is 2. The van der Waals surface area contributed by atoms with E-state index in [2.05, 4.69) is 17.2 Å². The first-order chi connectivity index (χ1) is 16.2. The van der Waals surface area contributed by atoms with Crippen LogP contribution in [-0.4, -0.2) is 40.3 Å². The van der Waals surface area contributed by atoms with E-state index >= 15 is 0 Å². The summed E-state index contributed by atoms with van der Waals surface area (Å²) in [7, 11) is 1.31. The van der Waals surface area contributed by atoms with E-state index in [1.807, 2.05) is 44.2 Å². The van der Waals surface area contributed by atoms with Crippen molar-refractivity contribution >= 4 is 34.5 Å². The Labute approximate surface area is 203 Å². The number of ether oxygens (including phenoxy) is 1. The molecule has 0 fully saturated rings. The van der Waals surface area contributed by atoms with Crippen LogP contribution >= 0.6 is 11.8 Å². The molecule has 180 valence electrons.